The molecule has 0 radical (unpaired) electrons. The van der Waals surface area contributed by atoms with Gasteiger partial charge in [0.1, 0.15) is 18.6 Å². The van der Waals surface area contributed by atoms with Gasteiger partial charge in [0.25, 0.3) is 0 Å². The van der Waals surface area contributed by atoms with Crippen LogP contribution in [0, 0.1) is 5.41 Å². The molecule has 0 spiro atoms. The number of carbonyl (C=O) groups excluding carboxylic acids is 1. The van der Waals surface area contributed by atoms with Gasteiger partial charge in [-0.25, -0.2) is 9.37 Å². The first-order valence-corrected chi connectivity index (χ1v) is 12.4. The summed E-state index contributed by atoms with van der Waals surface area (Å²) in [6.45, 7) is 6.19. The van der Waals surface area contributed by atoms with Crippen LogP contribution in [0.5, 0.6) is 0 Å². The summed E-state index contributed by atoms with van der Waals surface area (Å²) in [5.74, 6) is 0.381. The van der Waals surface area contributed by atoms with Crippen LogP contribution in [0.1, 0.15) is 38.2 Å². The normalized spacial score (nSPS) is 13.5. The van der Waals surface area contributed by atoms with Crippen molar-refractivity contribution in [3.63, 3.8) is 0 Å². The Bertz CT molecular complexity index is 1110. The molecule has 6 nitrogen and oxygen atoms in total. The zero-order chi connectivity index (χ0) is 25.6. The number of amides is 1. The summed E-state index contributed by atoms with van der Waals surface area (Å²) >= 11 is 3.54. The Morgan fingerprint density at radius 2 is 1.91 bits per heavy atom. The number of halogens is 2. The number of carbonyl (C=O) groups is 1. The molecule has 1 amide bonds. The van der Waals surface area contributed by atoms with Gasteiger partial charge < -0.3 is 19.9 Å². The topological polar surface area (TPSA) is 73.4 Å². The first-order valence-electron chi connectivity index (χ1n) is 11.6. The molecular formula is C27H34BrFN4O2. The van der Waals surface area contributed by atoms with Gasteiger partial charge >= 0.3 is 0 Å². The van der Waals surface area contributed by atoms with Crippen molar-refractivity contribution in [3.8, 4) is 11.3 Å². The largest absolute Gasteiger partial charge is 0.375 e. The van der Waals surface area contributed by atoms with Crippen LogP contribution in [0.3, 0.4) is 0 Å². The highest BCUT2D eigenvalue weighted by atomic mass is 79.9. The minimum Gasteiger partial charge on any atom is -0.375 e. The number of benzene rings is 2. The van der Waals surface area contributed by atoms with Crippen LogP contribution in [-0.2, 0) is 16.1 Å². The predicted octanol–water partition coefficient (Wildman–Crippen LogP) is 5.22. The summed E-state index contributed by atoms with van der Waals surface area (Å²) in [6.07, 6.45) is 0.639. The summed E-state index contributed by atoms with van der Waals surface area (Å²) in [4.78, 5) is 19.8. The number of hydrogen-bond acceptors (Lipinski definition) is 4. The van der Waals surface area contributed by atoms with Crippen molar-refractivity contribution in [2.45, 2.75) is 39.5 Å². The summed E-state index contributed by atoms with van der Waals surface area (Å²) in [6, 6.07) is 17.5. The van der Waals surface area contributed by atoms with E-state index in [-0.39, 0.29) is 25.6 Å². The van der Waals surface area contributed by atoms with Gasteiger partial charge in [0.15, 0.2) is 0 Å². The molecule has 8 heteroatoms. The van der Waals surface area contributed by atoms with Crippen molar-refractivity contribution in [2.24, 2.45) is 11.1 Å². The van der Waals surface area contributed by atoms with Gasteiger partial charge in [-0.05, 0) is 23.1 Å². The average molecular weight is 545 g/mol. The number of ether oxygens (including phenoxy) is 1. The molecule has 0 unspecified atom stereocenters. The van der Waals surface area contributed by atoms with Crippen molar-refractivity contribution < 1.29 is 13.9 Å². The zero-order valence-corrected chi connectivity index (χ0v) is 22.3. The Kier molecular flexibility index (Phi) is 9.21. The lowest BCUT2D eigenvalue weighted by Gasteiger charge is -2.40. The molecule has 3 aromatic rings. The second-order valence-electron chi connectivity index (χ2n) is 9.69. The predicted molar refractivity (Wildman–Crippen MR) is 141 cm³/mol. The number of aromatic nitrogens is 2. The Morgan fingerprint density at radius 3 is 2.51 bits per heavy atom. The highest BCUT2D eigenvalue weighted by molar-refractivity contribution is 9.10. The summed E-state index contributed by atoms with van der Waals surface area (Å²) in [5.41, 5.74) is 7.97. The first-order chi connectivity index (χ1) is 16.6. The highest BCUT2D eigenvalue weighted by Gasteiger charge is 2.39. The monoisotopic (exact) mass is 544 g/mol. The zero-order valence-electron chi connectivity index (χ0n) is 20.7. The SMILES string of the molecule is COCC(=O)N(C[C@@H](F)CN)[C@@H](c1nc(-c2cccc(Br)c2)cn1Cc1ccccc1)C(C)(C)C. The summed E-state index contributed by atoms with van der Waals surface area (Å²) in [7, 11) is 1.46. The van der Waals surface area contributed by atoms with E-state index in [1.165, 1.54) is 12.0 Å². The maximum atomic E-state index is 14.6. The third-order valence-electron chi connectivity index (χ3n) is 5.74. The molecule has 0 fully saturated rings. The molecule has 1 heterocycles. The number of nitrogens with zero attached hydrogens (tertiary/aromatic N) is 3. The van der Waals surface area contributed by atoms with Gasteiger partial charge in [0.2, 0.25) is 5.91 Å². The maximum Gasteiger partial charge on any atom is 0.249 e. The standard InChI is InChI=1S/C27H34BrFN4O2/c1-27(2,3)25(33(16-22(29)14-30)24(34)18-35-4)26-31-23(20-11-8-12-21(28)13-20)17-32(26)15-19-9-6-5-7-10-19/h5-13,17,22,25H,14-16,18,30H2,1-4H3/t22-,25-/m0/s1. The molecule has 0 aliphatic rings. The van der Waals surface area contributed by atoms with E-state index < -0.39 is 17.6 Å². The molecule has 188 valence electrons. The van der Waals surface area contributed by atoms with Gasteiger partial charge in [-0.1, -0.05) is 79.2 Å². The number of rotatable bonds is 10. The van der Waals surface area contributed by atoms with Crippen LogP contribution >= 0.6 is 15.9 Å². The number of methoxy groups -OCH3 is 1. The fourth-order valence-electron chi connectivity index (χ4n) is 4.18. The molecule has 0 saturated carbocycles. The fourth-order valence-corrected chi connectivity index (χ4v) is 4.58. The third-order valence-corrected chi connectivity index (χ3v) is 6.23. The van der Waals surface area contributed by atoms with Crippen molar-refractivity contribution in [1.82, 2.24) is 14.5 Å². The van der Waals surface area contributed by atoms with Crippen LogP contribution in [0.4, 0.5) is 4.39 Å². The van der Waals surface area contributed by atoms with Gasteiger partial charge in [-0.3, -0.25) is 4.79 Å². The molecule has 3 rings (SSSR count). The van der Waals surface area contributed by atoms with Crippen LogP contribution < -0.4 is 5.73 Å². The van der Waals surface area contributed by atoms with Gasteiger partial charge in [-0.15, -0.1) is 0 Å². The van der Waals surface area contributed by atoms with Crippen molar-refractivity contribution in [2.75, 3.05) is 26.8 Å². The lowest BCUT2D eigenvalue weighted by Crippen LogP contribution is -2.47. The smallest absolute Gasteiger partial charge is 0.249 e. The Balaban J connectivity index is 2.18. The van der Waals surface area contributed by atoms with E-state index in [0.717, 1.165) is 21.3 Å². The summed E-state index contributed by atoms with van der Waals surface area (Å²) in [5, 5.41) is 0. The maximum absolute atomic E-state index is 14.6. The third kappa shape index (κ3) is 6.99. The molecule has 0 saturated heterocycles. The fraction of sp³-hybridized carbons (Fsp3) is 0.407. The Labute approximate surface area is 215 Å². The summed E-state index contributed by atoms with van der Waals surface area (Å²) < 4.78 is 22.8. The second-order valence-corrected chi connectivity index (χ2v) is 10.6. The van der Waals surface area contributed by atoms with E-state index in [1.807, 2.05) is 69.4 Å². The lowest BCUT2D eigenvalue weighted by molar-refractivity contribution is -0.141. The average Bonchev–Trinajstić information content (AvgIpc) is 3.21. The van der Waals surface area contributed by atoms with Gasteiger partial charge in [0.05, 0.1) is 18.3 Å². The van der Waals surface area contributed by atoms with Gasteiger partial charge in [-0.2, -0.15) is 0 Å². The van der Waals surface area contributed by atoms with Crippen LogP contribution in [0.15, 0.2) is 65.3 Å². The Morgan fingerprint density at radius 1 is 1.20 bits per heavy atom. The molecule has 35 heavy (non-hydrogen) atoms. The molecular weight excluding hydrogens is 511 g/mol. The number of alkyl halides is 1. The molecule has 2 N–H and O–H groups in total. The molecule has 1 aromatic heterocycles. The minimum absolute atomic E-state index is 0.134. The van der Waals surface area contributed by atoms with E-state index >= 15 is 0 Å². The number of nitrogens with two attached hydrogens (primary N) is 1. The Hall–Kier alpha value is -2.55. The van der Waals surface area contributed by atoms with E-state index in [4.69, 9.17) is 15.5 Å². The quantitative estimate of drug-likeness (QED) is 0.379. The number of imidazole rings is 1. The minimum atomic E-state index is -1.36. The van der Waals surface area contributed by atoms with E-state index in [1.54, 1.807) is 0 Å². The molecule has 2 atom stereocenters. The van der Waals surface area contributed by atoms with Crippen LogP contribution in [-0.4, -0.2) is 53.3 Å². The van der Waals surface area contributed by atoms with E-state index in [0.29, 0.717) is 12.4 Å². The van der Waals surface area contributed by atoms with Crippen LogP contribution in [0.2, 0.25) is 0 Å². The lowest BCUT2D eigenvalue weighted by atomic mass is 9.84. The van der Waals surface area contributed by atoms with Crippen LogP contribution in [0.25, 0.3) is 11.3 Å². The highest BCUT2D eigenvalue weighted by Crippen LogP contribution is 2.39. The van der Waals surface area contributed by atoms with Crippen molar-refractivity contribution in [3.05, 3.63) is 76.7 Å². The van der Waals surface area contributed by atoms with E-state index in [2.05, 4.69) is 32.6 Å². The first kappa shape index (κ1) is 27.0. The van der Waals surface area contributed by atoms with Crippen molar-refractivity contribution in [1.29, 1.82) is 0 Å². The van der Waals surface area contributed by atoms with Crippen molar-refractivity contribution >= 4 is 21.8 Å². The molecule has 2 aromatic carbocycles. The molecule has 0 bridgehead atoms. The van der Waals surface area contributed by atoms with Gasteiger partial charge in [0, 0.05) is 36.4 Å². The molecule has 0 aliphatic carbocycles. The number of hydrogen-bond donors (Lipinski definition) is 1. The molecule has 0 aliphatic heterocycles. The second kappa shape index (κ2) is 11.9. The van der Waals surface area contributed by atoms with E-state index in [9.17, 15) is 9.18 Å².